The summed E-state index contributed by atoms with van der Waals surface area (Å²) in [6.07, 6.45) is -1.23. The number of anilines is 1. The molecule has 0 aliphatic carbocycles. The molecule has 3 rings (SSSR count). The van der Waals surface area contributed by atoms with Crippen LogP contribution >= 0.6 is 0 Å². The number of aliphatic carboxylic acids is 1. The van der Waals surface area contributed by atoms with Crippen LogP contribution in [0.4, 0.5) is 10.1 Å². The quantitative estimate of drug-likeness (QED) is 0.884. The van der Waals surface area contributed by atoms with Gasteiger partial charge in [0.1, 0.15) is 11.8 Å². The van der Waals surface area contributed by atoms with Crippen molar-refractivity contribution in [2.75, 3.05) is 5.32 Å². The zero-order valence-electron chi connectivity index (χ0n) is 13.8. The number of aromatic nitrogens is 2. The lowest BCUT2D eigenvalue weighted by atomic mass is 10.2. The Bertz CT molecular complexity index is 833. The van der Waals surface area contributed by atoms with E-state index >= 15 is 0 Å². The molecule has 2 aromatic rings. The maximum Gasteiger partial charge on any atom is 0.332 e. The van der Waals surface area contributed by atoms with Gasteiger partial charge in [0, 0.05) is 11.4 Å². The number of carboxylic acid groups (broad SMARTS) is 1. The van der Waals surface area contributed by atoms with Crippen molar-refractivity contribution < 1.29 is 23.8 Å². The third-order valence-corrected chi connectivity index (χ3v) is 4.04. The van der Waals surface area contributed by atoms with Crippen molar-refractivity contribution in [3.8, 4) is 5.69 Å². The summed E-state index contributed by atoms with van der Waals surface area (Å²) >= 11 is 0. The first-order valence-corrected chi connectivity index (χ1v) is 7.87. The lowest BCUT2D eigenvalue weighted by molar-refractivity contribution is -0.150. The van der Waals surface area contributed by atoms with Crippen molar-refractivity contribution in [2.24, 2.45) is 0 Å². The Kier molecular flexibility index (Phi) is 4.54. The Morgan fingerprint density at radius 1 is 1.28 bits per heavy atom. The Morgan fingerprint density at radius 2 is 2.00 bits per heavy atom. The van der Waals surface area contributed by atoms with E-state index in [0.29, 0.717) is 6.42 Å². The Labute approximate surface area is 143 Å². The smallest absolute Gasteiger partial charge is 0.332 e. The van der Waals surface area contributed by atoms with E-state index in [4.69, 9.17) is 9.84 Å². The monoisotopic (exact) mass is 347 g/mol. The fourth-order valence-corrected chi connectivity index (χ4v) is 2.86. The molecular weight excluding hydrogens is 329 g/mol. The Hall–Kier alpha value is -2.74. The highest BCUT2D eigenvalue weighted by Crippen LogP contribution is 2.23. The van der Waals surface area contributed by atoms with E-state index in [9.17, 15) is 14.0 Å². The molecule has 25 heavy (non-hydrogen) atoms. The first-order chi connectivity index (χ1) is 11.8. The van der Waals surface area contributed by atoms with E-state index in [-0.39, 0.29) is 17.8 Å². The maximum absolute atomic E-state index is 14.4. The van der Waals surface area contributed by atoms with Crippen molar-refractivity contribution in [3.63, 3.8) is 0 Å². The average molecular weight is 347 g/mol. The van der Waals surface area contributed by atoms with E-state index in [0.717, 1.165) is 11.4 Å². The number of rotatable bonds is 4. The van der Waals surface area contributed by atoms with Gasteiger partial charge in [0.25, 0.3) is 5.91 Å². The van der Waals surface area contributed by atoms with E-state index in [1.165, 1.54) is 16.8 Å². The molecule has 1 aliphatic heterocycles. The Morgan fingerprint density at radius 3 is 2.56 bits per heavy atom. The predicted molar refractivity (Wildman–Crippen MR) is 87.2 cm³/mol. The van der Waals surface area contributed by atoms with Crippen molar-refractivity contribution in [1.82, 2.24) is 9.78 Å². The van der Waals surface area contributed by atoms with Crippen LogP contribution in [0.1, 0.15) is 24.2 Å². The molecule has 7 nitrogen and oxygen atoms in total. The standard InChI is InChI=1S/C17H18FN3O4/c1-9-7-10(2)21(20-9)13-4-3-11(8-12(13)18)19-16(22)14-5-6-15(25-14)17(23)24/h3-4,7-8,14-15H,5-6H2,1-2H3,(H,19,22)(H,23,24)/t14-,15+/m0/s1. The van der Waals surface area contributed by atoms with Crippen LogP contribution in [0.3, 0.4) is 0 Å². The molecule has 1 aromatic carbocycles. The summed E-state index contributed by atoms with van der Waals surface area (Å²) in [7, 11) is 0. The van der Waals surface area contributed by atoms with Gasteiger partial charge in [-0.1, -0.05) is 0 Å². The number of nitrogens with zero attached hydrogens (tertiary/aromatic N) is 2. The number of aryl methyl sites for hydroxylation is 2. The number of halogens is 1. The molecule has 2 heterocycles. The minimum absolute atomic E-state index is 0.273. The minimum Gasteiger partial charge on any atom is -0.479 e. The lowest BCUT2D eigenvalue weighted by Gasteiger charge is -2.13. The molecule has 2 N–H and O–H groups in total. The molecule has 8 heteroatoms. The SMILES string of the molecule is Cc1cc(C)n(-c2ccc(NC(=O)[C@@H]3CC[C@H](C(=O)O)O3)cc2F)n1. The van der Waals surface area contributed by atoms with Crippen LogP contribution in [0.25, 0.3) is 5.69 Å². The van der Waals surface area contributed by atoms with Crippen molar-refractivity contribution >= 4 is 17.6 Å². The summed E-state index contributed by atoms with van der Waals surface area (Å²) in [4.78, 5) is 23.0. The molecule has 1 amide bonds. The third kappa shape index (κ3) is 3.53. The van der Waals surface area contributed by atoms with Gasteiger partial charge in [-0.2, -0.15) is 5.10 Å². The van der Waals surface area contributed by atoms with Gasteiger partial charge in [0.15, 0.2) is 11.9 Å². The van der Waals surface area contributed by atoms with Gasteiger partial charge < -0.3 is 15.2 Å². The average Bonchev–Trinajstić information content (AvgIpc) is 3.14. The second kappa shape index (κ2) is 6.64. The number of hydrogen-bond donors (Lipinski definition) is 2. The molecule has 132 valence electrons. The molecule has 0 spiro atoms. The second-order valence-electron chi connectivity index (χ2n) is 6.02. The molecule has 0 radical (unpaired) electrons. The van der Waals surface area contributed by atoms with Crippen LogP contribution in [0.5, 0.6) is 0 Å². The molecule has 1 fully saturated rings. The molecule has 1 saturated heterocycles. The van der Waals surface area contributed by atoms with Gasteiger partial charge in [0.05, 0.1) is 5.69 Å². The van der Waals surface area contributed by atoms with Crippen LogP contribution in [0.15, 0.2) is 24.3 Å². The summed E-state index contributed by atoms with van der Waals surface area (Å²) < 4.78 is 21.1. The van der Waals surface area contributed by atoms with Crippen molar-refractivity contribution in [3.05, 3.63) is 41.5 Å². The molecular formula is C17H18FN3O4. The number of nitrogens with one attached hydrogen (secondary N) is 1. The third-order valence-electron chi connectivity index (χ3n) is 4.04. The molecule has 0 saturated carbocycles. The van der Waals surface area contributed by atoms with Crippen LogP contribution < -0.4 is 5.32 Å². The second-order valence-corrected chi connectivity index (χ2v) is 6.02. The molecule has 2 atom stereocenters. The van der Waals surface area contributed by atoms with Gasteiger partial charge in [-0.3, -0.25) is 4.79 Å². The summed E-state index contributed by atoms with van der Waals surface area (Å²) in [5.74, 6) is -2.10. The first kappa shape index (κ1) is 17.1. The first-order valence-electron chi connectivity index (χ1n) is 7.87. The fourth-order valence-electron chi connectivity index (χ4n) is 2.86. The lowest BCUT2D eigenvalue weighted by Crippen LogP contribution is -2.30. The summed E-state index contributed by atoms with van der Waals surface area (Å²) in [6.45, 7) is 3.65. The Balaban J connectivity index is 1.72. The number of carboxylic acids is 1. The van der Waals surface area contributed by atoms with Crippen LogP contribution in [-0.4, -0.2) is 39.0 Å². The highest BCUT2D eigenvalue weighted by atomic mass is 19.1. The number of carbonyl (C=O) groups is 2. The molecule has 1 aliphatic rings. The van der Waals surface area contributed by atoms with Gasteiger partial charge in [-0.05, 0) is 51.0 Å². The maximum atomic E-state index is 14.4. The van der Waals surface area contributed by atoms with E-state index in [2.05, 4.69) is 10.4 Å². The zero-order chi connectivity index (χ0) is 18.1. The molecule has 1 aromatic heterocycles. The van der Waals surface area contributed by atoms with Crippen molar-refractivity contribution in [1.29, 1.82) is 0 Å². The van der Waals surface area contributed by atoms with E-state index < -0.39 is 29.9 Å². The van der Waals surface area contributed by atoms with E-state index in [1.54, 1.807) is 6.07 Å². The van der Waals surface area contributed by atoms with Gasteiger partial charge in [-0.15, -0.1) is 0 Å². The van der Waals surface area contributed by atoms with Crippen LogP contribution in [0.2, 0.25) is 0 Å². The van der Waals surface area contributed by atoms with Gasteiger partial charge in [-0.25, -0.2) is 13.9 Å². The van der Waals surface area contributed by atoms with Gasteiger partial charge in [0.2, 0.25) is 0 Å². The number of carbonyl (C=O) groups excluding carboxylic acids is 1. The normalized spacial score (nSPS) is 19.8. The molecule has 0 unspecified atom stereocenters. The zero-order valence-corrected chi connectivity index (χ0v) is 13.8. The fraction of sp³-hybridized carbons (Fsp3) is 0.353. The highest BCUT2D eigenvalue weighted by Gasteiger charge is 2.34. The van der Waals surface area contributed by atoms with Crippen molar-refractivity contribution in [2.45, 2.75) is 38.9 Å². The summed E-state index contributed by atoms with van der Waals surface area (Å²) in [6, 6.07) is 6.13. The molecule has 0 bridgehead atoms. The van der Waals surface area contributed by atoms with Crippen LogP contribution in [0, 0.1) is 19.7 Å². The predicted octanol–water partition coefficient (Wildman–Crippen LogP) is 2.20. The van der Waals surface area contributed by atoms with Gasteiger partial charge >= 0.3 is 5.97 Å². The number of amides is 1. The summed E-state index contributed by atoms with van der Waals surface area (Å²) in [5, 5.41) is 15.7. The topological polar surface area (TPSA) is 93.5 Å². The largest absolute Gasteiger partial charge is 0.479 e. The number of hydrogen-bond acceptors (Lipinski definition) is 4. The number of ether oxygens (including phenoxy) is 1. The van der Waals surface area contributed by atoms with Crippen LogP contribution in [-0.2, 0) is 14.3 Å². The highest BCUT2D eigenvalue weighted by molar-refractivity contribution is 5.94. The number of benzene rings is 1. The van der Waals surface area contributed by atoms with E-state index in [1.807, 2.05) is 19.9 Å². The minimum atomic E-state index is -1.09. The summed E-state index contributed by atoms with van der Waals surface area (Å²) in [5.41, 5.74) is 2.13.